The Bertz CT molecular complexity index is 1020. The molecule has 0 radical (unpaired) electrons. The topological polar surface area (TPSA) is 82.2 Å². The van der Waals surface area contributed by atoms with E-state index in [4.69, 9.17) is 5.84 Å². The number of amides is 1. The summed E-state index contributed by atoms with van der Waals surface area (Å²) in [6.45, 7) is -0.268. The van der Waals surface area contributed by atoms with Gasteiger partial charge in [-0.1, -0.05) is 6.07 Å². The highest BCUT2D eigenvalue weighted by Gasteiger charge is 2.31. The second-order valence-electron chi connectivity index (χ2n) is 5.44. The summed E-state index contributed by atoms with van der Waals surface area (Å²) in [5.74, 6) is 2.10. The number of fused-ring (bicyclic) bond motifs is 1. The number of rotatable bonds is 4. The number of ether oxygens (including phenoxy) is 1. The predicted molar refractivity (Wildman–Crippen MR) is 83.5 cm³/mol. The van der Waals surface area contributed by atoms with Gasteiger partial charge in [-0.2, -0.15) is 5.10 Å². The number of nitrogens with one attached hydrogen (secondary N) is 1. The predicted octanol–water partition coefficient (Wildman–Crippen LogP) is 2.86. The molecule has 1 heterocycles. The van der Waals surface area contributed by atoms with Gasteiger partial charge in [0.25, 0.3) is 5.91 Å². The molecule has 6 nitrogen and oxygen atoms in total. The van der Waals surface area contributed by atoms with Crippen LogP contribution in [0.3, 0.4) is 0 Å². The lowest BCUT2D eigenvalue weighted by Gasteiger charge is -2.10. The quantitative estimate of drug-likeness (QED) is 0.313. The van der Waals surface area contributed by atoms with E-state index in [9.17, 15) is 26.7 Å². The minimum absolute atomic E-state index is 0.0163. The number of hydrogen-bond donors (Lipinski definition) is 2. The Balaban J connectivity index is 2.11. The monoisotopic (exact) mass is 386 g/mol. The number of nitrogen functional groups attached to an aromatic ring is 1. The van der Waals surface area contributed by atoms with E-state index in [0.29, 0.717) is 6.07 Å². The first kappa shape index (κ1) is 18.6. The minimum atomic E-state index is -4.92. The van der Waals surface area contributed by atoms with Crippen LogP contribution in [0.5, 0.6) is 5.75 Å². The molecule has 0 saturated carbocycles. The highest BCUT2D eigenvalue weighted by Crippen LogP contribution is 2.29. The standard InChI is InChI=1S/C16H11F5N4O2/c17-9-2-1-8(12(18)5-9)7-25-13-6-10(27-16(19,20)21)3-4-11(13)14(24-25)15(26)23-22/h1-6H,7,22H2,(H,23,26). The van der Waals surface area contributed by atoms with Gasteiger partial charge in [-0.15, -0.1) is 13.2 Å². The Hall–Kier alpha value is -3.21. The van der Waals surface area contributed by atoms with Crippen molar-refractivity contribution in [2.75, 3.05) is 0 Å². The molecule has 1 aromatic heterocycles. The van der Waals surface area contributed by atoms with E-state index in [-0.39, 0.29) is 28.7 Å². The van der Waals surface area contributed by atoms with Crippen molar-refractivity contribution in [3.05, 3.63) is 59.3 Å². The van der Waals surface area contributed by atoms with Gasteiger partial charge in [0.2, 0.25) is 0 Å². The van der Waals surface area contributed by atoms with Gasteiger partial charge in [0.1, 0.15) is 17.4 Å². The van der Waals surface area contributed by atoms with Crippen LogP contribution >= 0.6 is 0 Å². The van der Waals surface area contributed by atoms with Crippen molar-refractivity contribution < 1.29 is 31.5 Å². The van der Waals surface area contributed by atoms with E-state index in [1.165, 1.54) is 6.07 Å². The molecule has 3 N–H and O–H groups in total. The SMILES string of the molecule is NNC(=O)c1nn(Cc2ccc(F)cc2F)c2cc(OC(F)(F)F)ccc12. The number of nitrogens with zero attached hydrogens (tertiary/aromatic N) is 2. The molecule has 0 aliphatic heterocycles. The lowest BCUT2D eigenvalue weighted by molar-refractivity contribution is -0.274. The molecule has 0 unspecified atom stereocenters. The van der Waals surface area contributed by atoms with Crippen LogP contribution in [0.4, 0.5) is 22.0 Å². The van der Waals surface area contributed by atoms with E-state index in [1.807, 2.05) is 5.43 Å². The largest absolute Gasteiger partial charge is 0.573 e. The number of aromatic nitrogens is 2. The second kappa shape index (κ2) is 6.83. The van der Waals surface area contributed by atoms with Crippen molar-refractivity contribution in [1.29, 1.82) is 0 Å². The Kier molecular flexibility index (Phi) is 4.70. The van der Waals surface area contributed by atoms with Crippen molar-refractivity contribution in [2.45, 2.75) is 12.9 Å². The Morgan fingerprint density at radius 1 is 1.19 bits per heavy atom. The van der Waals surface area contributed by atoms with Crippen LogP contribution in [0.15, 0.2) is 36.4 Å². The molecule has 0 fully saturated rings. The van der Waals surface area contributed by atoms with Gasteiger partial charge in [0.15, 0.2) is 5.69 Å². The fourth-order valence-corrected chi connectivity index (χ4v) is 2.52. The number of carbonyl (C=O) groups excluding carboxylic acids is 1. The number of hydrogen-bond acceptors (Lipinski definition) is 4. The van der Waals surface area contributed by atoms with E-state index in [1.54, 1.807) is 0 Å². The molecular formula is C16H11F5N4O2. The molecule has 3 rings (SSSR count). The molecule has 0 aliphatic rings. The van der Waals surface area contributed by atoms with Crippen molar-refractivity contribution in [3.63, 3.8) is 0 Å². The minimum Gasteiger partial charge on any atom is -0.406 e. The van der Waals surface area contributed by atoms with Crippen molar-refractivity contribution in [3.8, 4) is 5.75 Å². The molecule has 0 saturated heterocycles. The smallest absolute Gasteiger partial charge is 0.406 e. The van der Waals surface area contributed by atoms with Gasteiger partial charge in [0.05, 0.1) is 12.1 Å². The normalized spacial score (nSPS) is 11.6. The van der Waals surface area contributed by atoms with Crippen LogP contribution < -0.4 is 16.0 Å². The summed E-state index contributed by atoms with van der Waals surface area (Å²) in [7, 11) is 0. The summed E-state index contributed by atoms with van der Waals surface area (Å²) in [5, 5.41) is 4.16. The van der Waals surface area contributed by atoms with Crippen LogP contribution in [0.25, 0.3) is 10.9 Å². The zero-order valence-corrected chi connectivity index (χ0v) is 13.3. The van der Waals surface area contributed by atoms with Crippen molar-refractivity contribution in [2.24, 2.45) is 5.84 Å². The molecule has 27 heavy (non-hydrogen) atoms. The number of alkyl halides is 3. The summed E-state index contributed by atoms with van der Waals surface area (Å²) in [4.78, 5) is 11.9. The van der Waals surface area contributed by atoms with E-state index >= 15 is 0 Å². The Morgan fingerprint density at radius 2 is 1.93 bits per heavy atom. The maximum atomic E-state index is 13.9. The molecule has 1 amide bonds. The fraction of sp³-hybridized carbons (Fsp3) is 0.125. The lowest BCUT2D eigenvalue weighted by atomic mass is 10.2. The van der Waals surface area contributed by atoms with Crippen molar-refractivity contribution >= 4 is 16.8 Å². The molecule has 0 aliphatic carbocycles. The average Bonchev–Trinajstić information content (AvgIpc) is 2.93. The number of carbonyl (C=O) groups is 1. The van der Waals surface area contributed by atoms with Gasteiger partial charge in [-0.05, 0) is 18.2 Å². The fourth-order valence-electron chi connectivity index (χ4n) is 2.52. The zero-order chi connectivity index (χ0) is 19.8. The summed E-state index contributed by atoms with van der Waals surface area (Å²) in [6, 6.07) is 6.06. The molecule has 142 valence electrons. The number of nitrogens with two attached hydrogens (primary N) is 1. The van der Waals surface area contributed by atoms with E-state index < -0.39 is 29.7 Å². The third-order valence-corrected chi connectivity index (χ3v) is 3.64. The van der Waals surface area contributed by atoms with Crippen LogP contribution in [-0.2, 0) is 6.54 Å². The molecule has 11 heteroatoms. The lowest BCUT2D eigenvalue weighted by Crippen LogP contribution is -2.30. The molecule has 3 aromatic rings. The highest BCUT2D eigenvalue weighted by molar-refractivity contribution is 6.04. The van der Waals surface area contributed by atoms with E-state index in [0.717, 1.165) is 28.9 Å². The summed E-state index contributed by atoms with van der Waals surface area (Å²) in [5.41, 5.74) is 1.78. The van der Waals surface area contributed by atoms with Gasteiger partial charge in [-0.3, -0.25) is 14.9 Å². The highest BCUT2D eigenvalue weighted by atomic mass is 19.4. The maximum Gasteiger partial charge on any atom is 0.573 e. The molecular weight excluding hydrogens is 375 g/mol. The van der Waals surface area contributed by atoms with Crippen LogP contribution in [0, 0.1) is 11.6 Å². The third-order valence-electron chi connectivity index (χ3n) is 3.64. The third kappa shape index (κ3) is 3.97. The average molecular weight is 386 g/mol. The molecule has 0 bridgehead atoms. The van der Waals surface area contributed by atoms with Gasteiger partial charge >= 0.3 is 6.36 Å². The van der Waals surface area contributed by atoms with E-state index in [2.05, 4.69) is 9.84 Å². The number of hydrazine groups is 1. The first-order valence-electron chi connectivity index (χ1n) is 7.39. The number of benzene rings is 2. The van der Waals surface area contributed by atoms with Crippen LogP contribution in [0.2, 0.25) is 0 Å². The summed E-state index contributed by atoms with van der Waals surface area (Å²) in [6.07, 6.45) is -4.92. The maximum absolute atomic E-state index is 13.9. The summed E-state index contributed by atoms with van der Waals surface area (Å²) < 4.78 is 69.3. The van der Waals surface area contributed by atoms with Crippen molar-refractivity contribution in [1.82, 2.24) is 15.2 Å². The van der Waals surface area contributed by atoms with Crippen LogP contribution in [0.1, 0.15) is 16.1 Å². The zero-order valence-electron chi connectivity index (χ0n) is 13.3. The molecule has 0 atom stereocenters. The summed E-state index contributed by atoms with van der Waals surface area (Å²) >= 11 is 0. The molecule has 0 spiro atoms. The Morgan fingerprint density at radius 3 is 2.56 bits per heavy atom. The Labute approximate surface area is 148 Å². The van der Waals surface area contributed by atoms with Gasteiger partial charge < -0.3 is 4.74 Å². The second-order valence-corrected chi connectivity index (χ2v) is 5.44. The van der Waals surface area contributed by atoms with Gasteiger partial charge in [-0.25, -0.2) is 14.6 Å². The first-order chi connectivity index (χ1) is 12.7. The van der Waals surface area contributed by atoms with Crippen LogP contribution in [-0.4, -0.2) is 22.1 Å². The first-order valence-corrected chi connectivity index (χ1v) is 7.39. The number of halogens is 5. The van der Waals surface area contributed by atoms with Gasteiger partial charge in [0, 0.05) is 23.1 Å². The molecule has 2 aromatic carbocycles.